The number of anilines is 1. The fourth-order valence-corrected chi connectivity index (χ4v) is 3.42. The fraction of sp³-hybridized carbons (Fsp3) is 0.188. The van der Waals surface area contributed by atoms with E-state index in [1.807, 2.05) is 24.3 Å². The molecule has 21 heavy (non-hydrogen) atoms. The maximum Gasteiger partial charge on any atom is 0.337 e. The van der Waals surface area contributed by atoms with Crippen LogP contribution in [0.5, 0.6) is 0 Å². The van der Waals surface area contributed by atoms with Crippen LogP contribution in [0.4, 0.5) is 5.69 Å². The molecule has 0 spiro atoms. The van der Waals surface area contributed by atoms with Crippen LogP contribution in [0, 0.1) is 0 Å². The molecule has 3 nitrogen and oxygen atoms in total. The number of hydrogen-bond donors (Lipinski definition) is 1. The SMILES string of the molecule is COC(=O)c1cccc(NC(C)c2ccc(Br)cc2Br)c1. The van der Waals surface area contributed by atoms with Crippen LogP contribution in [-0.2, 0) is 4.74 Å². The second kappa shape index (κ2) is 7.09. The molecule has 0 heterocycles. The molecule has 0 aliphatic carbocycles. The molecule has 0 saturated carbocycles. The van der Waals surface area contributed by atoms with Crippen LogP contribution in [0.2, 0.25) is 0 Å². The Bertz CT molecular complexity index is 658. The molecule has 0 radical (unpaired) electrons. The Kier molecular flexibility index (Phi) is 5.42. The summed E-state index contributed by atoms with van der Waals surface area (Å²) in [6.45, 7) is 2.07. The number of benzene rings is 2. The highest BCUT2D eigenvalue weighted by molar-refractivity contribution is 9.11. The van der Waals surface area contributed by atoms with Gasteiger partial charge in [0, 0.05) is 20.7 Å². The van der Waals surface area contributed by atoms with Crippen LogP contribution in [-0.4, -0.2) is 13.1 Å². The number of nitrogens with one attached hydrogen (secondary N) is 1. The van der Waals surface area contributed by atoms with Gasteiger partial charge in [0.2, 0.25) is 0 Å². The number of hydrogen-bond acceptors (Lipinski definition) is 3. The summed E-state index contributed by atoms with van der Waals surface area (Å²) < 4.78 is 6.79. The van der Waals surface area contributed by atoms with Crippen molar-refractivity contribution in [2.75, 3.05) is 12.4 Å². The summed E-state index contributed by atoms with van der Waals surface area (Å²) in [6, 6.07) is 13.4. The van der Waals surface area contributed by atoms with Gasteiger partial charge in [-0.25, -0.2) is 4.79 Å². The van der Waals surface area contributed by atoms with E-state index in [4.69, 9.17) is 4.74 Å². The van der Waals surface area contributed by atoms with Gasteiger partial charge in [-0.05, 0) is 42.8 Å². The lowest BCUT2D eigenvalue weighted by molar-refractivity contribution is 0.0601. The number of rotatable bonds is 4. The quantitative estimate of drug-likeness (QED) is 0.703. The highest BCUT2D eigenvalue weighted by Crippen LogP contribution is 2.29. The third-order valence-electron chi connectivity index (χ3n) is 3.10. The standard InChI is InChI=1S/C16H15Br2NO2/c1-10(14-7-6-12(17)9-15(14)18)19-13-5-3-4-11(8-13)16(20)21-2/h3-10,19H,1-2H3. The maximum absolute atomic E-state index is 11.6. The van der Waals surface area contributed by atoms with Gasteiger partial charge in [-0.3, -0.25) is 0 Å². The van der Waals surface area contributed by atoms with Gasteiger partial charge in [0.15, 0.2) is 0 Å². The molecule has 1 N–H and O–H groups in total. The molecule has 0 aromatic heterocycles. The van der Waals surface area contributed by atoms with E-state index in [2.05, 4.69) is 50.2 Å². The molecule has 1 unspecified atom stereocenters. The second-order valence-corrected chi connectivity index (χ2v) is 6.37. The van der Waals surface area contributed by atoms with Crippen molar-refractivity contribution in [1.82, 2.24) is 0 Å². The molecule has 0 aliphatic rings. The zero-order valence-electron chi connectivity index (χ0n) is 11.7. The van der Waals surface area contributed by atoms with Gasteiger partial charge in [-0.15, -0.1) is 0 Å². The Labute approximate surface area is 141 Å². The maximum atomic E-state index is 11.6. The van der Waals surface area contributed by atoms with Crippen LogP contribution >= 0.6 is 31.9 Å². The zero-order valence-corrected chi connectivity index (χ0v) is 14.9. The summed E-state index contributed by atoms with van der Waals surface area (Å²) in [5, 5.41) is 3.38. The van der Waals surface area contributed by atoms with Gasteiger partial charge in [-0.2, -0.15) is 0 Å². The van der Waals surface area contributed by atoms with Crippen LogP contribution in [0.25, 0.3) is 0 Å². The van der Waals surface area contributed by atoms with Crippen molar-refractivity contribution in [3.8, 4) is 0 Å². The summed E-state index contributed by atoms with van der Waals surface area (Å²) in [5.74, 6) is -0.337. The topological polar surface area (TPSA) is 38.3 Å². The third kappa shape index (κ3) is 4.08. The van der Waals surface area contributed by atoms with E-state index in [-0.39, 0.29) is 12.0 Å². The molecular weight excluding hydrogens is 398 g/mol. The largest absolute Gasteiger partial charge is 0.465 e. The smallest absolute Gasteiger partial charge is 0.337 e. The molecule has 0 fully saturated rings. The van der Waals surface area contributed by atoms with E-state index in [0.29, 0.717) is 5.56 Å². The fourth-order valence-electron chi connectivity index (χ4n) is 2.03. The summed E-state index contributed by atoms with van der Waals surface area (Å²) in [6.07, 6.45) is 0. The molecule has 0 aliphatic heterocycles. The van der Waals surface area contributed by atoms with Crippen LogP contribution < -0.4 is 5.32 Å². The Morgan fingerprint density at radius 1 is 1.19 bits per heavy atom. The predicted octanol–water partition coefficient (Wildman–Crippen LogP) is 5.17. The van der Waals surface area contributed by atoms with E-state index >= 15 is 0 Å². The summed E-state index contributed by atoms with van der Waals surface area (Å²) in [4.78, 5) is 11.6. The average Bonchev–Trinajstić information content (AvgIpc) is 2.46. The van der Waals surface area contributed by atoms with Crippen molar-refractivity contribution in [3.05, 3.63) is 62.5 Å². The van der Waals surface area contributed by atoms with Crippen LogP contribution in [0.15, 0.2) is 51.4 Å². The van der Waals surface area contributed by atoms with Gasteiger partial charge in [-0.1, -0.05) is 44.0 Å². The minimum absolute atomic E-state index is 0.0976. The summed E-state index contributed by atoms with van der Waals surface area (Å²) >= 11 is 7.01. The zero-order chi connectivity index (χ0) is 15.4. The lowest BCUT2D eigenvalue weighted by Gasteiger charge is -2.18. The predicted molar refractivity (Wildman–Crippen MR) is 91.7 cm³/mol. The third-order valence-corrected chi connectivity index (χ3v) is 4.28. The molecule has 0 amide bonds. The molecular formula is C16H15Br2NO2. The van der Waals surface area contributed by atoms with Gasteiger partial charge in [0.1, 0.15) is 0 Å². The number of ether oxygens (including phenoxy) is 1. The minimum Gasteiger partial charge on any atom is -0.465 e. The molecule has 2 aromatic rings. The second-order valence-electron chi connectivity index (χ2n) is 4.60. The lowest BCUT2D eigenvalue weighted by Crippen LogP contribution is -2.08. The first-order valence-corrected chi connectivity index (χ1v) is 7.99. The van der Waals surface area contributed by atoms with Crippen molar-refractivity contribution in [1.29, 1.82) is 0 Å². The van der Waals surface area contributed by atoms with E-state index in [1.54, 1.807) is 12.1 Å². The van der Waals surface area contributed by atoms with E-state index in [1.165, 1.54) is 7.11 Å². The van der Waals surface area contributed by atoms with Gasteiger partial charge < -0.3 is 10.1 Å². The first kappa shape index (κ1) is 16.0. The number of esters is 1. The molecule has 110 valence electrons. The minimum atomic E-state index is -0.337. The first-order chi connectivity index (χ1) is 10.0. The Morgan fingerprint density at radius 2 is 1.95 bits per heavy atom. The molecule has 2 rings (SSSR count). The molecule has 1 atom stereocenters. The summed E-state index contributed by atoms with van der Waals surface area (Å²) in [5.41, 5.74) is 2.55. The molecule has 0 bridgehead atoms. The van der Waals surface area contributed by atoms with Gasteiger partial charge >= 0.3 is 5.97 Å². The van der Waals surface area contributed by atoms with E-state index in [0.717, 1.165) is 20.2 Å². The summed E-state index contributed by atoms with van der Waals surface area (Å²) in [7, 11) is 1.38. The van der Waals surface area contributed by atoms with Crippen LogP contribution in [0.1, 0.15) is 28.9 Å². The lowest BCUT2D eigenvalue weighted by atomic mass is 10.1. The van der Waals surface area contributed by atoms with Crippen molar-refractivity contribution in [2.24, 2.45) is 0 Å². The Hall–Kier alpha value is -1.33. The molecule has 2 aromatic carbocycles. The highest BCUT2D eigenvalue weighted by atomic mass is 79.9. The highest BCUT2D eigenvalue weighted by Gasteiger charge is 2.11. The average molecular weight is 413 g/mol. The number of carbonyl (C=O) groups is 1. The number of methoxy groups -OCH3 is 1. The normalized spacial score (nSPS) is 11.8. The number of halogens is 2. The van der Waals surface area contributed by atoms with Crippen molar-refractivity contribution in [3.63, 3.8) is 0 Å². The van der Waals surface area contributed by atoms with Crippen molar-refractivity contribution >= 4 is 43.5 Å². The van der Waals surface area contributed by atoms with Crippen molar-refractivity contribution in [2.45, 2.75) is 13.0 Å². The Balaban J connectivity index is 2.19. The van der Waals surface area contributed by atoms with E-state index in [9.17, 15) is 4.79 Å². The first-order valence-electron chi connectivity index (χ1n) is 6.41. The monoisotopic (exact) mass is 411 g/mol. The number of carbonyl (C=O) groups excluding carboxylic acids is 1. The molecule has 5 heteroatoms. The van der Waals surface area contributed by atoms with Gasteiger partial charge in [0.05, 0.1) is 12.7 Å². The van der Waals surface area contributed by atoms with Crippen molar-refractivity contribution < 1.29 is 9.53 Å². The van der Waals surface area contributed by atoms with Gasteiger partial charge in [0.25, 0.3) is 0 Å². The van der Waals surface area contributed by atoms with Crippen LogP contribution in [0.3, 0.4) is 0 Å². The van der Waals surface area contributed by atoms with E-state index < -0.39 is 0 Å². The Morgan fingerprint density at radius 3 is 2.62 bits per heavy atom. The molecule has 0 saturated heterocycles.